The number of rotatable bonds is 0. The molecule has 1 aliphatic carbocycles. The van der Waals surface area contributed by atoms with Crippen molar-refractivity contribution in [2.45, 2.75) is 31.7 Å². The van der Waals surface area contributed by atoms with Gasteiger partial charge in [-0.1, -0.05) is 0 Å². The number of hydrogen-bond acceptors (Lipinski definition) is 3. The van der Waals surface area contributed by atoms with Gasteiger partial charge in [0, 0.05) is 5.56 Å². The lowest BCUT2D eigenvalue weighted by Gasteiger charge is -2.38. The second kappa shape index (κ2) is 3.78. The Kier molecular flexibility index (Phi) is 2.46. The smallest absolute Gasteiger partial charge is 0.482 e. The van der Waals surface area contributed by atoms with Gasteiger partial charge in [0.15, 0.2) is 5.75 Å². The lowest BCUT2D eigenvalue weighted by atomic mass is 10.0. The van der Waals surface area contributed by atoms with Gasteiger partial charge in [0.2, 0.25) is 0 Å². The Bertz CT molecular complexity index is 629. The summed E-state index contributed by atoms with van der Waals surface area (Å²) in [6, 6.07) is 2.62. The van der Waals surface area contributed by atoms with Crippen molar-refractivity contribution in [3.05, 3.63) is 23.0 Å². The molecule has 0 N–H and O–H groups in total. The zero-order chi connectivity index (χ0) is 14.7. The molecule has 1 aromatic rings. The van der Waals surface area contributed by atoms with E-state index in [9.17, 15) is 17.6 Å². The van der Waals surface area contributed by atoms with Crippen LogP contribution in [0, 0.1) is 24.1 Å². The molecule has 3 rings (SSSR count). The van der Waals surface area contributed by atoms with Crippen LogP contribution in [0.1, 0.15) is 24.0 Å². The molecule has 0 atom stereocenters. The molecule has 0 unspecified atom stereocenters. The molecule has 0 radical (unpaired) electrons. The van der Waals surface area contributed by atoms with Crippen molar-refractivity contribution in [3.63, 3.8) is 0 Å². The number of ether oxygens (including phenoxy) is 1. The fraction of sp³-hybridized carbons (Fsp3) is 0.462. The highest BCUT2D eigenvalue weighted by molar-refractivity contribution is 5.71. The van der Waals surface area contributed by atoms with Crippen LogP contribution in [-0.4, -0.2) is 18.4 Å². The van der Waals surface area contributed by atoms with Gasteiger partial charge < -0.3 is 4.74 Å². The molecule has 0 aromatic heterocycles. The molecule has 1 spiro atoms. The minimum Gasteiger partial charge on any atom is -0.482 e. The van der Waals surface area contributed by atoms with E-state index in [-0.39, 0.29) is 34.0 Å². The van der Waals surface area contributed by atoms with Crippen LogP contribution in [0.25, 0.3) is 0 Å². The third-order valence-corrected chi connectivity index (χ3v) is 3.71. The fourth-order valence-electron chi connectivity index (χ4n) is 2.45. The van der Waals surface area contributed by atoms with Crippen LogP contribution in [0.2, 0.25) is 0 Å². The summed E-state index contributed by atoms with van der Waals surface area (Å²) in [5, 5.41) is 8.99. The number of fused-ring (bicyclic) bond motifs is 1. The molecular formula is C13H10F4N2O. The number of alkyl halides is 3. The molecular weight excluding hydrogens is 276 g/mol. The molecule has 0 amide bonds. The van der Waals surface area contributed by atoms with E-state index < -0.39 is 17.7 Å². The molecule has 1 aromatic carbocycles. The minimum absolute atomic E-state index is 0.160. The molecule has 1 heterocycles. The van der Waals surface area contributed by atoms with Crippen molar-refractivity contribution in [2.24, 2.45) is 0 Å². The summed E-state index contributed by atoms with van der Waals surface area (Å²) >= 11 is 0. The van der Waals surface area contributed by atoms with Gasteiger partial charge in [-0.05, 0) is 25.8 Å². The van der Waals surface area contributed by atoms with Crippen LogP contribution in [-0.2, 0) is 0 Å². The first kappa shape index (κ1) is 13.0. The van der Waals surface area contributed by atoms with Crippen molar-refractivity contribution in [1.82, 2.24) is 0 Å². The van der Waals surface area contributed by atoms with Crippen molar-refractivity contribution < 1.29 is 22.3 Å². The van der Waals surface area contributed by atoms with Gasteiger partial charge in [-0.3, -0.25) is 4.90 Å². The van der Waals surface area contributed by atoms with Gasteiger partial charge in [-0.2, -0.15) is 18.4 Å². The molecule has 0 bridgehead atoms. The number of benzene rings is 1. The Morgan fingerprint density at radius 1 is 1.40 bits per heavy atom. The van der Waals surface area contributed by atoms with Crippen molar-refractivity contribution >= 4 is 5.69 Å². The molecule has 1 fully saturated rings. The maximum Gasteiger partial charge on any atom is 0.485 e. The highest BCUT2D eigenvalue weighted by atomic mass is 19.4. The average Bonchev–Trinajstić information content (AvgIpc) is 3.11. The SMILES string of the molecule is Cc1c(F)cc(C#N)c2c1N(C(F)(F)F)CC1(CC1)O2. The number of nitrogens with zero attached hydrogens (tertiary/aromatic N) is 2. The van der Waals surface area contributed by atoms with Crippen LogP contribution < -0.4 is 9.64 Å². The molecule has 20 heavy (non-hydrogen) atoms. The quantitative estimate of drug-likeness (QED) is 0.542. The second-order valence-electron chi connectivity index (χ2n) is 5.16. The molecule has 106 valence electrons. The van der Waals surface area contributed by atoms with Gasteiger partial charge in [-0.15, -0.1) is 0 Å². The summed E-state index contributed by atoms with van der Waals surface area (Å²) in [6.07, 6.45) is -3.64. The molecule has 7 heteroatoms. The zero-order valence-electron chi connectivity index (χ0n) is 10.5. The Morgan fingerprint density at radius 3 is 2.55 bits per heavy atom. The van der Waals surface area contributed by atoms with E-state index in [1.165, 1.54) is 6.92 Å². The largest absolute Gasteiger partial charge is 0.485 e. The van der Waals surface area contributed by atoms with E-state index in [1.807, 2.05) is 0 Å². The van der Waals surface area contributed by atoms with Gasteiger partial charge in [0.1, 0.15) is 17.5 Å². The monoisotopic (exact) mass is 286 g/mol. The summed E-state index contributed by atoms with van der Waals surface area (Å²) in [4.78, 5) is 0.193. The fourth-order valence-corrected chi connectivity index (χ4v) is 2.45. The highest BCUT2D eigenvalue weighted by Crippen LogP contribution is 2.53. The van der Waals surface area contributed by atoms with E-state index in [4.69, 9.17) is 10.00 Å². The first-order chi connectivity index (χ1) is 9.27. The summed E-state index contributed by atoms with van der Waals surface area (Å²) in [5.41, 5.74) is -1.64. The van der Waals surface area contributed by atoms with Crippen molar-refractivity contribution in [1.29, 1.82) is 5.26 Å². The number of halogens is 4. The number of hydrogen-bond donors (Lipinski definition) is 0. The van der Waals surface area contributed by atoms with Gasteiger partial charge >= 0.3 is 6.30 Å². The summed E-state index contributed by atoms with van der Waals surface area (Å²) in [5.74, 6) is -1.00. The Balaban J connectivity index is 2.26. The minimum atomic E-state index is -4.64. The van der Waals surface area contributed by atoms with E-state index in [0.29, 0.717) is 12.8 Å². The third-order valence-electron chi connectivity index (χ3n) is 3.71. The Labute approximate surface area is 112 Å². The van der Waals surface area contributed by atoms with E-state index in [1.54, 1.807) is 6.07 Å². The van der Waals surface area contributed by atoms with Crippen LogP contribution in [0.5, 0.6) is 5.75 Å². The number of anilines is 1. The normalized spacial score (nSPS) is 19.3. The summed E-state index contributed by atoms with van der Waals surface area (Å²) in [7, 11) is 0. The predicted molar refractivity (Wildman–Crippen MR) is 61.8 cm³/mol. The Hall–Kier alpha value is -1.97. The van der Waals surface area contributed by atoms with E-state index in [0.717, 1.165) is 6.07 Å². The molecule has 3 nitrogen and oxygen atoms in total. The van der Waals surface area contributed by atoms with Crippen LogP contribution in [0.15, 0.2) is 6.07 Å². The van der Waals surface area contributed by atoms with Crippen LogP contribution >= 0.6 is 0 Å². The van der Waals surface area contributed by atoms with Crippen molar-refractivity contribution in [2.75, 3.05) is 11.4 Å². The third kappa shape index (κ3) is 1.79. The first-order valence-electron chi connectivity index (χ1n) is 6.04. The van der Waals surface area contributed by atoms with E-state index >= 15 is 0 Å². The summed E-state index contributed by atoms with van der Waals surface area (Å²) < 4.78 is 58.9. The standard InChI is InChI=1S/C13H10F4N2O/c1-7-9(14)4-8(5-18)11-10(7)19(13(15,16)17)6-12(20-11)2-3-12/h4H,2-3,6H2,1H3. The van der Waals surface area contributed by atoms with Crippen LogP contribution in [0.4, 0.5) is 23.2 Å². The van der Waals surface area contributed by atoms with E-state index in [2.05, 4.69) is 0 Å². The molecule has 0 saturated heterocycles. The number of nitriles is 1. The maximum absolute atomic E-state index is 13.7. The molecule has 2 aliphatic rings. The zero-order valence-corrected chi connectivity index (χ0v) is 10.5. The molecule has 1 saturated carbocycles. The van der Waals surface area contributed by atoms with Gasteiger partial charge in [0.05, 0.1) is 17.8 Å². The first-order valence-corrected chi connectivity index (χ1v) is 6.04. The lowest BCUT2D eigenvalue weighted by molar-refractivity contribution is -0.135. The molecule has 1 aliphatic heterocycles. The lowest BCUT2D eigenvalue weighted by Crippen LogP contribution is -2.49. The van der Waals surface area contributed by atoms with Gasteiger partial charge in [0.25, 0.3) is 0 Å². The highest BCUT2D eigenvalue weighted by Gasteiger charge is 2.56. The topological polar surface area (TPSA) is 36.3 Å². The maximum atomic E-state index is 13.7. The van der Waals surface area contributed by atoms with Gasteiger partial charge in [-0.25, -0.2) is 4.39 Å². The van der Waals surface area contributed by atoms with Crippen LogP contribution in [0.3, 0.4) is 0 Å². The summed E-state index contributed by atoms with van der Waals surface area (Å²) in [6.45, 7) is 0.890. The average molecular weight is 286 g/mol. The van der Waals surface area contributed by atoms with Crippen molar-refractivity contribution in [3.8, 4) is 11.8 Å². The predicted octanol–water partition coefficient (Wildman–Crippen LogP) is 3.26. The Morgan fingerprint density at radius 2 is 2.05 bits per heavy atom. The second-order valence-corrected chi connectivity index (χ2v) is 5.16.